The van der Waals surface area contributed by atoms with Crippen LogP contribution in [-0.2, 0) is 17.7 Å². The Kier molecular flexibility index (Phi) is 3.29. The SMILES string of the molecule is CC1Cc2c(n(C(=O)OC(C)(C)C)c3ccccc23)CN1. The van der Waals surface area contributed by atoms with E-state index < -0.39 is 5.60 Å². The molecule has 0 spiro atoms. The van der Waals surface area contributed by atoms with Crippen molar-refractivity contribution in [3.05, 3.63) is 35.5 Å². The van der Waals surface area contributed by atoms with Crippen LogP contribution in [0.25, 0.3) is 10.9 Å². The second-order valence-electron chi connectivity index (χ2n) is 6.74. The molecule has 0 fully saturated rings. The fraction of sp³-hybridized carbons (Fsp3) is 0.471. The molecule has 4 nitrogen and oxygen atoms in total. The van der Waals surface area contributed by atoms with Gasteiger partial charge >= 0.3 is 6.09 Å². The van der Waals surface area contributed by atoms with Crippen LogP contribution in [0.15, 0.2) is 24.3 Å². The molecule has 21 heavy (non-hydrogen) atoms. The molecule has 1 N–H and O–H groups in total. The first kappa shape index (κ1) is 14.1. The second kappa shape index (κ2) is 4.88. The number of nitrogens with one attached hydrogen (secondary N) is 1. The summed E-state index contributed by atoms with van der Waals surface area (Å²) in [5, 5.41) is 4.59. The Labute approximate surface area is 125 Å². The predicted molar refractivity (Wildman–Crippen MR) is 83.6 cm³/mol. The van der Waals surface area contributed by atoms with E-state index >= 15 is 0 Å². The predicted octanol–water partition coefficient (Wildman–Crippen LogP) is 3.46. The fourth-order valence-corrected chi connectivity index (χ4v) is 2.94. The highest BCUT2D eigenvalue weighted by Crippen LogP contribution is 2.30. The molecule has 3 rings (SSSR count). The van der Waals surface area contributed by atoms with Crippen LogP contribution in [0.4, 0.5) is 4.79 Å². The van der Waals surface area contributed by atoms with Gasteiger partial charge in [0.2, 0.25) is 0 Å². The van der Waals surface area contributed by atoms with Gasteiger partial charge in [0.25, 0.3) is 0 Å². The van der Waals surface area contributed by atoms with Crippen molar-refractivity contribution in [3.63, 3.8) is 0 Å². The third-order valence-corrected chi connectivity index (χ3v) is 3.79. The van der Waals surface area contributed by atoms with E-state index in [9.17, 15) is 4.79 Å². The summed E-state index contributed by atoms with van der Waals surface area (Å²) in [6.07, 6.45) is 0.641. The zero-order valence-electron chi connectivity index (χ0n) is 13.1. The number of hydrogen-bond acceptors (Lipinski definition) is 3. The standard InChI is InChI=1S/C17H22N2O2/c1-11-9-13-12-7-5-6-8-14(12)19(15(13)10-18-11)16(20)21-17(2,3)4/h5-8,11,18H,9-10H2,1-4H3. The molecule has 0 saturated heterocycles. The molecule has 1 aromatic heterocycles. The van der Waals surface area contributed by atoms with Gasteiger partial charge in [-0.25, -0.2) is 9.36 Å². The normalized spacial score (nSPS) is 18.6. The van der Waals surface area contributed by atoms with Crippen molar-refractivity contribution >= 4 is 17.0 Å². The van der Waals surface area contributed by atoms with E-state index in [4.69, 9.17) is 4.74 Å². The number of nitrogens with zero attached hydrogens (tertiary/aromatic N) is 1. The van der Waals surface area contributed by atoms with Gasteiger partial charge in [0.15, 0.2) is 0 Å². The Morgan fingerprint density at radius 3 is 2.76 bits per heavy atom. The van der Waals surface area contributed by atoms with E-state index in [1.807, 2.05) is 39.0 Å². The van der Waals surface area contributed by atoms with Gasteiger partial charge in [-0.3, -0.25) is 0 Å². The average Bonchev–Trinajstić information content (AvgIpc) is 2.71. The lowest BCUT2D eigenvalue weighted by Crippen LogP contribution is -2.35. The summed E-state index contributed by atoms with van der Waals surface area (Å²) < 4.78 is 7.31. The van der Waals surface area contributed by atoms with E-state index in [1.54, 1.807) is 4.57 Å². The minimum Gasteiger partial charge on any atom is -0.443 e. The molecular weight excluding hydrogens is 264 g/mol. The molecule has 112 valence electrons. The highest BCUT2D eigenvalue weighted by molar-refractivity contribution is 5.94. The average molecular weight is 286 g/mol. The molecule has 1 unspecified atom stereocenters. The van der Waals surface area contributed by atoms with Crippen LogP contribution in [0, 0.1) is 0 Å². The molecular formula is C17H22N2O2. The van der Waals surface area contributed by atoms with Gasteiger partial charge in [-0.05, 0) is 45.7 Å². The quantitative estimate of drug-likeness (QED) is 0.806. The van der Waals surface area contributed by atoms with E-state index in [0.717, 1.165) is 23.0 Å². The third-order valence-electron chi connectivity index (χ3n) is 3.79. The van der Waals surface area contributed by atoms with Gasteiger partial charge in [0.05, 0.1) is 5.52 Å². The Hall–Kier alpha value is -1.81. The number of ether oxygens (including phenoxy) is 1. The molecule has 1 atom stereocenters. The molecule has 4 heteroatoms. The Bertz CT molecular complexity index is 695. The van der Waals surface area contributed by atoms with Crippen molar-refractivity contribution in [1.82, 2.24) is 9.88 Å². The Balaban J connectivity index is 2.16. The lowest BCUT2D eigenvalue weighted by Gasteiger charge is -2.24. The number of hydrogen-bond donors (Lipinski definition) is 1. The number of carbonyl (C=O) groups excluding carboxylic acids is 1. The van der Waals surface area contributed by atoms with Crippen molar-refractivity contribution in [1.29, 1.82) is 0 Å². The van der Waals surface area contributed by atoms with Gasteiger partial charge in [0.1, 0.15) is 5.60 Å². The molecule has 1 aliphatic heterocycles. The topological polar surface area (TPSA) is 43.3 Å². The molecule has 2 aromatic rings. The Morgan fingerprint density at radius 1 is 1.33 bits per heavy atom. The largest absolute Gasteiger partial charge is 0.443 e. The van der Waals surface area contributed by atoms with Crippen molar-refractivity contribution in [3.8, 4) is 0 Å². The molecule has 1 aliphatic rings. The maximum absolute atomic E-state index is 12.6. The van der Waals surface area contributed by atoms with Crippen LogP contribution in [0.2, 0.25) is 0 Å². The van der Waals surface area contributed by atoms with Crippen molar-refractivity contribution in [2.75, 3.05) is 0 Å². The van der Waals surface area contributed by atoms with Gasteiger partial charge in [-0.1, -0.05) is 18.2 Å². The summed E-state index contributed by atoms with van der Waals surface area (Å²) in [5.74, 6) is 0. The molecule has 0 amide bonds. The number of aromatic nitrogens is 1. The number of carbonyl (C=O) groups is 1. The van der Waals surface area contributed by atoms with Gasteiger partial charge < -0.3 is 10.1 Å². The summed E-state index contributed by atoms with van der Waals surface area (Å²) in [4.78, 5) is 12.6. The monoisotopic (exact) mass is 286 g/mol. The summed E-state index contributed by atoms with van der Waals surface area (Å²) >= 11 is 0. The zero-order valence-corrected chi connectivity index (χ0v) is 13.1. The minimum atomic E-state index is -0.495. The Morgan fingerprint density at radius 2 is 2.05 bits per heavy atom. The zero-order chi connectivity index (χ0) is 15.2. The molecule has 2 heterocycles. The van der Waals surface area contributed by atoms with E-state index in [1.165, 1.54) is 5.56 Å². The first-order chi connectivity index (χ1) is 9.87. The van der Waals surface area contributed by atoms with Crippen LogP contribution in [0.3, 0.4) is 0 Å². The molecule has 0 bridgehead atoms. The van der Waals surface area contributed by atoms with Crippen LogP contribution in [0.1, 0.15) is 39.0 Å². The van der Waals surface area contributed by atoms with Crippen LogP contribution < -0.4 is 5.32 Å². The number of rotatable bonds is 0. The number of fused-ring (bicyclic) bond motifs is 3. The number of benzene rings is 1. The third kappa shape index (κ3) is 2.56. The summed E-state index contributed by atoms with van der Waals surface area (Å²) in [7, 11) is 0. The number of para-hydroxylation sites is 1. The summed E-state index contributed by atoms with van der Waals surface area (Å²) in [6.45, 7) is 8.54. The smallest absolute Gasteiger partial charge is 0.419 e. The van der Waals surface area contributed by atoms with Crippen molar-refractivity contribution in [2.24, 2.45) is 0 Å². The van der Waals surface area contributed by atoms with E-state index in [-0.39, 0.29) is 6.09 Å². The first-order valence-corrected chi connectivity index (χ1v) is 7.45. The summed E-state index contributed by atoms with van der Waals surface area (Å²) in [5.41, 5.74) is 2.74. The minimum absolute atomic E-state index is 0.295. The first-order valence-electron chi connectivity index (χ1n) is 7.45. The van der Waals surface area contributed by atoms with Crippen LogP contribution >= 0.6 is 0 Å². The lowest BCUT2D eigenvalue weighted by molar-refractivity contribution is 0.0538. The summed E-state index contributed by atoms with van der Waals surface area (Å²) in [6, 6.07) is 8.49. The van der Waals surface area contributed by atoms with Gasteiger partial charge in [-0.15, -0.1) is 0 Å². The maximum Gasteiger partial charge on any atom is 0.419 e. The van der Waals surface area contributed by atoms with Crippen molar-refractivity contribution < 1.29 is 9.53 Å². The van der Waals surface area contributed by atoms with Crippen molar-refractivity contribution in [2.45, 2.75) is 52.3 Å². The molecule has 1 aromatic carbocycles. The van der Waals surface area contributed by atoms with Crippen LogP contribution in [0.5, 0.6) is 0 Å². The van der Waals surface area contributed by atoms with Gasteiger partial charge in [0, 0.05) is 23.7 Å². The highest BCUT2D eigenvalue weighted by atomic mass is 16.6. The van der Waals surface area contributed by atoms with Gasteiger partial charge in [-0.2, -0.15) is 0 Å². The molecule has 0 aliphatic carbocycles. The van der Waals surface area contributed by atoms with E-state index in [0.29, 0.717) is 12.6 Å². The molecule has 0 saturated carbocycles. The van der Waals surface area contributed by atoms with Crippen LogP contribution in [-0.4, -0.2) is 22.3 Å². The molecule has 0 radical (unpaired) electrons. The lowest BCUT2D eigenvalue weighted by atomic mass is 10.00. The second-order valence-corrected chi connectivity index (χ2v) is 6.74. The van der Waals surface area contributed by atoms with E-state index in [2.05, 4.69) is 18.3 Å². The maximum atomic E-state index is 12.6. The highest BCUT2D eigenvalue weighted by Gasteiger charge is 2.28. The fourth-order valence-electron chi connectivity index (χ4n) is 2.94.